The Morgan fingerprint density at radius 1 is 0.765 bits per heavy atom. The van der Waals surface area contributed by atoms with E-state index in [2.05, 4.69) is 13.8 Å². The largest absolute Gasteiger partial charge is 0.364 e. The Bertz CT molecular complexity index is 139. The second-order valence-electron chi connectivity index (χ2n) is 5.00. The lowest BCUT2D eigenvalue weighted by Gasteiger charge is -2.09. The summed E-state index contributed by atoms with van der Waals surface area (Å²) in [6.07, 6.45) is 14.6. The third-order valence-electron chi connectivity index (χ3n) is 3.23. The summed E-state index contributed by atoms with van der Waals surface area (Å²) in [4.78, 5) is 0. The molecule has 2 nitrogen and oxygen atoms in total. The van der Waals surface area contributed by atoms with Gasteiger partial charge in [0, 0.05) is 6.61 Å². The molecule has 0 rings (SSSR count). The monoisotopic (exact) mass is 243 g/mol. The zero-order valence-corrected chi connectivity index (χ0v) is 12.0. The molecule has 0 aliphatic heterocycles. The van der Waals surface area contributed by atoms with Crippen LogP contribution in [0.15, 0.2) is 0 Å². The summed E-state index contributed by atoms with van der Waals surface area (Å²) in [5.74, 6) is 0. The maximum Gasteiger partial charge on any atom is 0.105 e. The van der Waals surface area contributed by atoms with Crippen LogP contribution in [0.5, 0.6) is 0 Å². The highest BCUT2D eigenvalue weighted by molar-refractivity contribution is 4.48. The van der Waals surface area contributed by atoms with Crippen molar-refractivity contribution in [1.29, 1.82) is 0 Å². The molecule has 0 aromatic rings. The van der Waals surface area contributed by atoms with Crippen molar-refractivity contribution in [3.05, 3.63) is 0 Å². The Kier molecular flexibility index (Phi) is 13.9. The molecule has 0 aromatic carbocycles. The Morgan fingerprint density at radius 3 is 1.71 bits per heavy atom. The molecule has 0 saturated carbocycles. The fourth-order valence-corrected chi connectivity index (χ4v) is 1.94. The van der Waals surface area contributed by atoms with Crippen molar-refractivity contribution in [2.24, 2.45) is 5.73 Å². The molecule has 17 heavy (non-hydrogen) atoms. The van der Waals surface area contributed by atoms with Crippen LogP contribution in [-0.4, -0.2) is 12.8 Å². The predicted octanol–water partition coefficient (Wildman–Crippen LogP) is 4.62. The summed E-state index contributed by atoms with van der Waals surface area (Å²) in [6, 6.07) is 0. The molecule has 0 aromatic heterocycles. The normalized spacial score (nSPS) is 12.9. The van der Waals surface area contributed by atoms with Crippen molar-refractivity contribution in [3.63, 3.8) is 0 Å². The van der Waals surface area contributed by atoms with Gasteiger partial charge in [-0.25, -0.2) is 0 Å². The molecule has 104 valence electrons. The molecule has 2 heteroatoms. The van der Waals surface area contributed by atoms with Gasteiger partial charge in [-0.3, -0.25) is 0 Å². The molecule has 0 aliphatic rings. The zero-order valence-electron chi connectivity index (χ0n) is 12.0. The van der Waals surface area contributed by atoms with Gasteiger partial charge in [-0.05, 0) is 12.8 Å². The van der Waals surface area contributed by atoms with E-state index in [0.717, 1.165) is 13.0 Å². The number of rotatable bonds is 13. The average molecular weight is 243 g/mol. The second kappa shape index (κ2) is 14.0. The van der Waals surface area contributed by atoms with Gasteiger partial charge in [0.1, 0.15) is 6.23 Å². The first kappa shape index (κ1) is 16.9. The molecule has 1 unspecified atom stereocenters. The molecule has 0 aliphatic carbocycles. The van der Waals surface area contributed by atoms with Gasteiger partial charge in [0.05, 0.1) is 0 Å². The first-order valence-electron chi connectivity index (χ1n) is 7.68. The van der Waals surface area contributed by atoms with Crippen LogP contribution in [0.1, 0.15) is 84.5 Å². The fourth-order valence-electron chi connectivity index (χ4n) is 1.94. The third-order valence-corrected chi connectivity index (χ3v) is 3.23. The highest BCUT2D eigenvalue weighted by Gasteiger charge is 1.97. The minimum Gasteiger partial charge on any atom is -0.364 e. The summed E-state index contributed by atoms with van der Waals surface area (Å²) in [7, 11) is 0. The summed E-state index contributed by atoms with van der Waals surface area (Å²) in [5, 5.41) is 0. The summed E-state index contributed by atoms with van der Waals surface area (Å²) >= 11 is 0. The molecule has 2 N–H and O–H groups in total. The van der Waals surface area contributed by atoms with Gasteiger partial charge in [-0.15, -0.1) is 0 Å². The standard InChI is InChI=1S/C15H33NO/c1-3-5-6-7-8-9-10-11-12-13-14-17-15(16)4-2/h15H,3-14,16H2,1-2H3. The lowest BCUT2D eigenvalue weighted by molar-refractivity contribution is 0.0526. The van der Waals surface area contributed by atoms with Gasteiger partial charge in [-0.2, -0.15) is 0 Å². The summed E-state index contributed by atoms with van der Waals surface area (Å²) in [5.41, 5.74) is 5.67. The SMILES string of the molecule is CCCCCCCCCCCCOC(N)CC. The molecule has 0 saturated heterocycles. The lowest BCUT2D eigenvalue weighted by atomic mass is 10.1. The molecule has 0 spiro atoms. The van der Waals surface area contributed by atoms with Crippen LogP contribution in [-0.2, 0) is 4.74 Å². The highest BCUT2D eigenvalue weighted by Crippen LogP contribution is 2.10. The van der Waals surface area contributed by atoms with E-state index in [1.54, 1.807) is 0 Å². The first-order chi connectivity index (χ1) is 8.31. The minimum atomic E-state index is -0.0476. The van der Waals surface area contributed by atoms with Crippen molar-refractivity contribution in [1.82, 2.24) is 0 Å². The van der Waals surface area contributed by atoms with Crippen LogP contribution in [0.4, 0.5) is 0 Å². The quantitative estimate of drug-likeness (QED) is 0.378. The summed E-state index contributed by atoms with van der Waals surface area (Å²) in [6.45, 7) is 5.17. The Labute approximate surface area is 108 Å². The Balaban J connectivity index is 2.94. The van der Waals surface area contributed by atoms with E-state index in [0.29, 0.717) is 0 Å². The van der Waals surface area contributed by atoms with E-state index >= 15 is 0 Å². The highest BCUT2D eigenvalue weighted by atomic mass is 16.5. The molecular formula is C15H33NO. The second-order valence-corrected chi connectivity index (χ2v) is 5.00. The van der Waals surface area contributed by atoms with Crippen LogP contribution in [0, 0.1) is 0 Å². The lowest BCUT2D eigenvalue weighted by Crippen LogP contribution is -2.22. The van der Waals surface area contributed by atoms with Gasteiger partial charge >= 0.3 is 0 Å². The van der Waals surface area contributed by atoms with Gasteiger partial charge in [-0.1, -0.05) is 71.6 Å². The van der Waals surface area contributed by atoms with E-state index in [9.17, 15) is 0 Å². The van der Waals surface area contributed by atoms with Crippen LogP contribution < -0.4 is 5.73 Å². The molecular weight excluding hydrogens is 210 g/mol. The van der Waals surface area contributed by atoms with E-state index < -0.39 is 0 Å². The van der Waals surface area contributed by atoms with Gasteiger partial charge in [0.2, 0.25) is 0 Å². The van der Waals surface area contributed by atoms with Gasteiger partial charge < -0.3 is 10.5 Å². The average Bonchev–Trinajstić information content (AvgIpc) is 2.35. The van der Waals surface area contributed by atoms with E-state index in [4.69, 9.17) is 10.5 Å². The number of nitrogens with two attached hydrogens (primary N) is 1. The molecule has 0 fully saturated rings. The molecule has 0 amide bonds. The topological polar surface area (TPSA) is 35.2 Å². The van der Waals surface area contributed by atoms with Gasteiger partial charge in [0.15, 0.2) is 0 Å². The van der Waals surface area contributed by atoms with E-state index in [-0.39, 0.29) is 6.23 Å². The van der Waals surface area contributed by atoms with Crippen molar-refractivity contribution in [3.8, 4) is 0 Å². The van der Waals surface area contributed by atoms with Crippen molar-refractivity contribution in [2.45, 2.75) is 90.7 Å². The van der Waals surface area contributed by atoms with Crippen LogP contribution >= 0.6 is 0 Å². The Morgan fingerprint density at radius 2 is 1.24 bits per heavy atom. The fraction of sp³-hybridized carbons (Fsp3) is 1.00. The zero-order chi connectivity index (χ0) is 12.8. The molecule has 0 heterocycles. The number of unbranched alkanes of at least 4 members (excludes halogenated alkanes) is 9. The van der Waals surface area contributed by atoms with Crippen LogP contribution in [0.3, 0.4) is 0 Å². The molecule has 0 radical (unpaired) electrons. The first-order valence-corrected chi connectivity index (χ1v) is 7.68. The van der Waals surface area contributed by atoms with Crippen molar-refractivity contribution < 1.29 is 4.74 Å². The predicted molar refractivity (Wildman–Crippen MR) is 76.1 cm³/mol. The number of hydrogen-bond acceptors (Lipinski definition) is 2. The Hall–Kier alpha value is -0.0800. The number of ether oxygens (including phenoxy) is 1. The smallest absolute Gasteiger partial charge is 0.105 e. The van der Waals surface area contributed by atoms with E-state index in [1.165, 1.54) is 64.2 Å². The maximum absolute atomic E-state index is 5.67. The van der Waals surface area contributed by atoms with Gasteiger partial charge in [0.25, 0.3) is 0 Å². The van der Waals surface area contributed by atoms with Crippen LogP contribution in [0.2, 0.25) is 0 Å². The van der Waals surface area contributed by atoms with E-state index in [1.807, 2.05) is 0 Å². The minimum absolute atomic E-state index is 0.0476. The van der Waals surface area contributed by atoms with Crippen molar-refractivity contribution >= 4 is 0 Å². The van der Waals surface area contributed by atoms with Crippen LogP contribution in [0.25, 0.3) is 0 Å². The third kappa shape index (κ3) is 13.9. The summed E-state index contributed by atoms with van der Waals surface area (Å²) < 4.78 is 5.44. The number of hydrogen-bond donors (Lipinski definition) is 1. The molecule has 1 atom stereocenters. The maximum atomic E-state index is 5.67. The molecule has 0 bridgehead atoms. The van der Waals surface area contributed by atoms with Crippen molar-refractivity contribution in [2.75, 3.05) is 6.61 Å².